The Morgan fingerprint density at radius 3 is 1.32 bits per heavy atom. The van der Waals surface area contributed by atoms with Gasteiger partial charge >= 0.3 is 165 Å². The number of ether oxygens (including phenoxy) is 1. The van der Waals surface area contributed by atoms with Gasteiger partial charge in [0.15, 0.2) is 0 Å². The molecule has 28 heavy (non-hydrogen) atoms. The average molecular weight is 388 g/mol. The molecule has 0 aromatic heterocycles. The van der Waals surface area contributed by atoms with Crippen LogP contribution in [0.15, 0.2) is 115 Å². The first-order valence-electron chi connectivity index (χ1n) is 9.34. The molecule has 0 N–H and O–H groups in total. The van der Waals surface area contributed by atoms with Gasteiger partial charge in [-0.3, -0.25) is 0 Å². The molecule has 0 spiro atoms. The Hall–Kier alpha value is -2.96. The summed E-state index contributed by atoms with van der Waals surface area (Å²) in [6.07, 6.45) is 0.538. The van der Waals surface area contributed by atoms with Gasteiger partial charge in [-0.15, -0.1) is 0 Å². The summed E-state index contributed by atoms with van der Waals surface area (Å²) in [5.41, 5.74) is 0. The summed E-state index contributed by atoms with van der Waals surface area (Å²) in [6, 6.07) is 38.0. The number of halogens is 1. The molecule has 0 radical (unpaired) electrons. The second-order valence-electron chi connectivity index (χ2n) is 6.75. The average Bonchev–Trinajstić information content (AvgIpc) is 2.78. The van der Waals surface area contributed by atoms with Crippen LogP contribution in [0, 0.1) is 5.82 Å². The van der Waals surface area contributed by atoms with E-state index in [1.165, 1.54) is 28.0 Å². The van der Waals surface area contributed by atoms with Crippen LogP contribution in [-0.2, 0) is 0 Å². The molecule has 0 aliphatic rings. The zero-order valence-electron chi connectivity index (χ0n) is 15.5. The van der Waals surface area contributed by atoms with Crippen molar-refractivity contribution in [1.29, 1.82) is 0 Å². The van der Waals surface area contributed by atoms with Crippen LogP contribution >= 0.6 is 7.26 Å². The van der Waals surface area contributed by atoms with Gasteiger partial charge in [0, 0.05) is 0 Å². The predicted molar refractivity (Wildman–Crippen MR) is 118 cm³/mol. The third-order valence-electron chi connectivity index (χ3n) is 5.07. The van der Waals surface area contributed by atoms with E-state index < -0.39 is 7.26 Å². The molecule has 3 heteroatoms. The molecule has 4 aromatic rings. The van der Waals surface area contributed by atoms with Gasteiger partial charge in [0.25, 0.3) is 0 Å². The van der Waals surface area contributed by atoms with Crippen LogP contribution in [0.2, 0.25) is 0 Å². The van der Waals surface area contributed by atoms with Gasteiger partial charge in [-0.1, -0.05) is 0 Å². The van der Waals surface area contributed by atoms with E-state index in [1.807, 2.05) is 18.2 Å². The normalized spacial score (nSPS) is 11.8. The van der Waals surface area contributed by atoms with E-state index in [9.17, 15) is 4.39 Å². The molecule has 0 aliphatic carbocycles. The van der Waals surface area contributed by atoms with Crippen molar-refractivity contribution in [2.45, 2.75) is 0 Å². The first-order valence-corrected chi connectivity index (χ1v) is 11.5. The summed E-state index contributed by atoms with van der Waals surface area (Å²) in [6.45, 7) is 0. The van der Waals surface area contributed by atoms with E-state index in [0.29, 0.717) is 12.1 Å². The summed E-state index contributed by atoms with van der Waals surface area (Å²) < 4.78 is 19.6. The summed E-state index contributed by atoms with van der Waals surface area (Å²) in [4.78, 5) is 0. The van der Waals surface area contributed by atoms with Gasteiger partial charge in [-0.2, -0.15) is 0 Å². The molecule has 0 unspecified atom stereocenters. The number of rotatable bonds is 6. The Bertz CT molecular complexity index is 906. The van der Waals surface area contributed by atoms with E-state index in [0.717, 1.165) is 0 Å². The molecule has 1 nitrogen and oxygen atoms in total. The van der Waals surface area contributed by atoms with Gasteiger partial charge in [0.1, 0.15) is 0 Å². The van der Waals surface area contributed by atoms with Crippen LogP contribution in [0.4, 0.5) is 4.39 Å². The molecule has 0 bridgehead atoms. The van der Waals surface area contributed by atoms with E-state index in [4.69, 9.17) is 4.74 Å². The Morgan fingerprint density at radius 1 is 0.536 bits per heavy atom. The van der Waals surface area contributed by atoms with Crippen LogP contribution in [0.1, 0.15) is 0 Å². The molecule has 0 atom stereocenters. The fourth-order valence-corrected chi connectivity index (χ4v) is 7.81. The van der Waals surface area contributed by atoms with E-state index in [2.05, 4.69) is 72.8 Å². The van der Waals surface area contributed by atoms with Gasteiger partial charge in [-0.05, 0) is 0 Å². The van der Waals surface area contributed by atoms with Crippen molar-refractivity contribution < 1.29 is 9.13 Å². The fraction of sp³-hybridized carbons (Fsp3) is 0.0400. The van der Waals surface area contributed by atoms with Gasteiger partial charge in [0.2, 0.25) is 0 Å². The molecule has 4 rings (SSSR count). The maximum atomic E-state index is 13.3. The second-order valence-corrected chi connectivity index (χ2v) is 10.6. The van der Waals surface area contributed by atoms with Crippen LogP contribution in [0.3, 0.4) is 0 Å². The Morgan fingerprint density at radius 2 is 0.929 bits per heavy atom. The van der Waals surface area contributed by atoms with Crippen LogP contribution < -0.4 is 20.7 Å². The van der Waals surface area contributed by atoms with Crippen molar-refractivity contribution >= 4 is 23.2 Å². The van der Waals surface area contributed by atoms with Crippen LogP contribution in [-0.4, -0.2) is 6.35 Å². The Labute approximate surface area is 165 Å². The van der Waals surface area contributed by atoms with E-state index in [-0.39, 0.29) is 5.82 Å². The Balaban J connectivity index is 1.86. The molecular formula is C25H22FOP. The topological polar surface area (TPSA) is 9.23 Å². The third-order valence-corrected chi connectivity index (χ3v) is 9.60. The summed E-state index contributed by atoms with van der Waals surface area (Å²) in [5, 5.41) is 3.86. The van der Waals surface area contributed by atoms with Crippen LogP contribution in [0.25, 0.3) is 0 Å². The predicted octanol–water partition coefficient (Wildman–Crippen LogP) is 4.89. The van der Waals surface area contributed by atoms with Gasteiger partial charge in [-0.25, -0.2) is 0 Å². The molecule has 0 amide bonds. The maximum absolute atomic E-state index is 13.3. The quantitative estimate of drug-likeness (QED) is 0.428. The number of hydrogen-bond acceptors (Lipinski definition) is 1. The van der Waals surface area contributed by atoms with Crippen molar-refractivity contribution in [3.05, 3.63) is 121 Å². The number of hydrogen-bond donors (Lipinski definition) is 0. The number of benzene rings is 4. The van der Waals surface area contributed by atoms with E-state index in [1.54, 1.807) is 12.1 Å². The Kier molecular flexibility index (Phi) is 5.50. The molecule has 140 valence electrons. The standard InChI is InChI=1S/C25H22FOP/c26-21-16-18-22(19-17-21)27-20-28(23-10-4-1-5-11-23,24-12-6-2-7-13-24)25-14-8-3-9-15-25/h1-19,28H,20H2. The fourth-order valence-electron chi connectivity index (χ4n) is 3.64. The SMILES string of the molecule is Fc1ccc(OC[PH](c2ccccc2)(c2ccccc2)c2ccccc2)cc1. The molecule has 0 heterocycles. The minimum atomic E-state index is -2.44. The van der Waals surface area contributed by atoms with E-state index >= 15 is 0 Å². The second kappa shape index (κ2) is 8.37. The molecular weight excluding hydrogens is 366 g/mol. The first-order chi connectivity index (χ1) is 13.8. The van der Waals surface area contributed by atoms with Crippen molar-refractivity contribution in [2.24, 2.45) is 0 Å². The third kappa shape index (κ3) is 3.69. The van der Waals surface area contributed by atoms with Crippen molar-refractivity contribution in [3.8, 4) is 5.75 Å². The van der Waals surface area contributed by atoms with Crippen LogP contribution in [0.5, 0.6) is 5.75 Å². The minimum absolute atomic E-state index is 0.259. The van der Waals surface area contributed by atoms with Crippen molar-refractivity contribution in [3.63, 3.8) is 0 Å². The molecule has 0 aliphatic heterocycles. The molecule has 0 fully saturated rings. The van der Waals surface area contributed by atoms with Gasteiger partial charge in [0.05, 0.1) is 0 Å². The zero-order valence-corrected chi connectivity index (χ0v) is 16.5. The zero-order chi connectivity index (χ0) is 19.2. The monoisotopic (exact) mass is 388 g/mol. The summed E-state index contributed by atoms with van der Waals surface area (Å²) in [7, 11) is -2.44. The molecule has 4 aromatic carbocycles. The summed E-state index contributed by atoms with van der Waals surface area (Å²) in [5.74, 6) is 0.422. The van der Waals surface area contributed by atoms with Crippen molar-refractivity contribution in [1.82, 2.24) is 0 Å². The van der Waals surface area contributed by atoms with Gasteiger partial charge < -0.3 is 0 Å². The van der Waals surface area contributed by atoms with Crippen molar-refractivity contribution in [2.75, 3.05) is 6.35 Å². The molecule has 0 saturated heterocycles. The molecule has 0 saturated carbocycles. The summed E-state index contributed by atoms with van der Waals surface area (Å²) >= 11 is 0. The first kappa shape index (κ1) is 18.4.